The van der Waals surface area contributed by atoms with E-state index in [9.17, 15) is 30.4 Å². The van der Waals surface area contributed by atoms with Crippen LogP contribution in [0.1, 0.15) is 24.9 Å². The quantitative estimate of drug-likeness (QED) is 0.786. The van der Waals surface area contributed by atoms with E-state index in [0.29, 0.717) is 6.07 Å². The normalized spacial score (nSPS) is 14.2. The summed E-state index contributed by atoms with van der Waals surface area (Å²) >= 11 is 0. The molecule has 1 aromatic carbocycles. The summed E-state index contributed by atoms with van der Waals surface area (Å²) in [5.74, 6) is -1.83. The van der Waals surface area contributed by atoms with E-state index in [2.05, 4.69) is 0 Å². The molecule has 0 saturated carbocycles. The Labute approximate surface area is 118 Å². The molecule has 0 aromatic heterocycles. The summed E-state index contributed by atoms with van der Waals surface area (Å²) in [4.78, 5) is 0. The van der Waals surface area contributed by atoms with E-state index in [-0.39, 0.29) is 12.0 Å². The molecule has 0 spiro atoms. The highest BCUT2D eigenvalue weighted by Crippen LogP contribution is 2.21. The molecule has 0 unspecified atom stereocenters. The molecule has 0 aliphatic rings. The Morgan fingerprint density at radius 3 is 2.33 bits per heavy atom. The van der Waals surface area contributed by atoms with Crippen molar-refractivity contribution >= 4 is 10.2 Å². The highest BCUT2D eigenvalue weighted by Gasteiger charge is 2.30. The van der Waals surface area contributed by atoms with Gasteiger partial charge in [-0.2, -0.15) is 31.0 Å². The molecule has 2 N–H and O–H groups in total. The predicted octanol–water partition coefficient (Wildman–Crippen LogP) is 2.40. The molecule has 0 heterocycles. The summed E-state index contributed by atoms with van der Waals surface area (Å²) in [5, 5.41) is 0. The fourth-order valence-corrected chi connectivity index (χ4v) is 2.66. The fourth-order valence-electron chi connectivity index (χ4n) is 1.56. The van der Waals surface area contributed by atoms with E-state index < -0.39 is 40.6 Å². The summed E-state index contributed by atoms with van der Waals surface area (Å²) in [6.45, 7) is -0.246. The van der Waals surface area contributed by atoms with E-state index in [0.717, 1.165) is 12.1 Å². The van der Waals surface area contributed by atoms with E-state index in [1.807, 2.05) is 4.72 Å². The van der Waals surface area contributed by atoms with Crippen LogP contribution in [0.2, 0.25) is 0 Å². The topological polar surface area (TPSA) is 58.2 Å². The van der Waals surface area contributed by atoms with Gasteiger partial charge in [-0.15, -0.1) is 0 Å². The first-order valence-electron chi connectivity index (χ1n) is 5.82. The maximum Gasteiger partial charge on any atom is 0.402 e. The summed E-state index contributed by atoms with van der Waals surface area (Å²) in [6, 6.07) is 1.41. The second-order valence-corrected chi connectivity index (χ2v) is 5.72. The van der Waals surface area contributed by atoms with Crippen molar-refractivity contribution in [3.63, 3.8) is 0 Å². The van der Waals surface area contributed by atoms with Crippen molar-refractivity contribution in [1.29, 1.82) is 0 Å². The third-order valence-corrected chi connectivity index (χ3v) is 3.63. The first-order valence-corrected chi connectivity index (χ1v) is 7.31. The third-order valence-electron chi connectivity index (χ3n) is 2.51. The Hall–Kier alpha value is -1.26. The third kappa shape index (κ3) is 5.94. The lowest BCUT2D eigenvalue weighted by Crippen LogP contribution is -2.43. The van der Waals surface area contributed by atoms with Gasteiger partial charge in [0.1, 0.15) is 18.2 Å². The molecule has 120 valence electrons. The zero-order chi connectivity index (χ0) is 16.3. The lowest BCUT2D eigenvalue weighted by molar-refractivity contribution is -0.121. The van der Waals surface area contributed by atoms with Gasteiger partial charge in [-0.05, 0) is 12.5 Å². The molecule has 4 nitrogen and oxygen atoms in total. The molecule has 0 aliphatic heterocycles. The minimum Gasteiger partial charge on any atom is -0.207 e. The van der Waals surface area contributed by atoms with Gasteiger partial charge in [-0.3, -0.25) is 0 Å². The summed E-state index contributed by atoms with van der Waals surface area (Å²) in [5.41, 5.74) is -0.156. The van der Waals surface area contributed by atoms with Gasteiger partial charge in [-0.1, -0.05) is 13.0 Å². The molecule has 1 atom stereocenters. The second kappa shape index (κ2) is 6.67. The van der Waals surface area contributed by atoms with Crippen molar-refractivity contribution in [1.82, 2.24) is 9.44 Å². The van der Waals surface area contributed by atoms with Crippen LogP contribution in [0.4, 0.5) is 22.0 Å². The maximum atomic E-state index is 13.6. The molecule has 0 radical (unpaired) electrons. The zero-order valence-corrected chi connectivity index (χ0v) is 11.7. The Bertz CT molecular complexity index is 589. The highest BCUT2D eigenvalue weighted by molar-refractivity contribution is 7.87. The molecular weight excluding hydrogens is 319 g/mol. The van der Waals surface area contributed by atoms with E-state index in [1.165, 1.54) is 11.6 Å². The van der Waals surface area contributed by atoms with Gasteiger partial charge in [0, 0.05) is 11.6 Å². The average molecular weight is 332 g/mol. The molecular formula is C11H13F5N2O2S. The smallest absolute Gasteiger partial charge is 0.207 e. The van der Waals surface area contributed by atoms with Crippen molar-refractivity contribution in [2.75, 3.05) is 6.54 Å². The lowest BCUT2D eigenvalue weighted by Gasteiger charge is -2.19. The van der Waals surface area contributed by atoms with Crippen molar-refractivity contribution in [2.24, 2.45) is 0 Å². The van der Waals surface area contributed by atoms with Crippen molar-refractivity contribution < 1.29 is 30.4 Å². The summed E-state index contributed by atoms with van der Waals surface area (Å²) in [7, 11) is -4.48. The molecule has 1 rings (SSSR count). The standard InChI is InChI=1S/C11H13F5N2O2S/c1-2-10(8-4-3-7(12)5-9(8)13)18-21(19,20)17-6-11(14,15)16/h3-5,10,17-18H,2,6H2,1H3/t10-/m0/s1. The van der Waals surface area contributed by atoms with Crippen LogP contribution in [-0.2, 0) is 10.2 Å². The molecule has 10 heteroatoms. The highest BCUT2D eigenvalue weighted by atomic mass is 32.2. The van der Waals surface area contributed by atoms with Crippen LogP contribution >= 0.6 is 0 Å². The van der Waals surface area contributed by atoms with Crippen molar-refractivity contribution in [3.05, 3.63) is 35.4 Å². The lowest BCUT2D eigenvalue weighted by atomic mass is 10.1. The van der Waals surface area contributed by atoms with Gasteiger partial charge in [0.2, 0.25) is 0 Å². The van der Waals surface area contributed by atoms with Crippen LogP contribution in [0, 0.1) is 11.6 Å². The van der Waals surface area contributed by atoms with Gasteiger partial charge >= 0.3 is 6.18 Å². The number of benzene rings is 1. The Balaban J connectivity index is 2.86. The Morgan fingerprint density at radius 1 is 1.24 bits per heavy atom. The van der Waals surface area contributed by atoms with Gasteiger partial charge in [-0.25, -0.2) is 8.78 Å². The van der Waals surface area contributed by atoms with Gasteiger partial charge in [0.15, 0.2) is 0 Å². The zero-order valence-electron chi connectivity index (χ0n) is 10.8. The Morgan fingerprint density at radius 2 is 1.86 bits per heavy atom. The molecule has 0 bridgehead atoms. The van der Waals surface area contributed by atoms with Crippen molar-refractivity contribution in [2.45, 2.75) is 25.6 Å². The first-order chi connectivity index (χ1) is 9.54. The molecule has 0 aliphatic carbocycles. The predicted molar refractivity (Wildman–Crippen MR) is 65.5 cm³/mol. The summed E-state index contributed by atoms with van der Waals surface area (Å²) in [6.07, 6.45) is -4.65. The van der Waals surface area contributed by atoms with E-state index in [1.54, 1.807) is 0 Å². The maximum absolute atomic E-state index is 13.6. The molecule has 0 amide bonds. The fraction of sp³-hybridized carbons (Fsp3) is 0.455. The minimum atomic E-state index is -4.71. The SMILES string of the molecule is CC[C@H](NS(=O)(=O)NCC(F)(F)F)c1ccc(F)cc1F. The van der Waals surface area contributed by atoms with Crippen LogP contribution in [0.15, 0.2) is 18.2 Å². The van der Waals surface area contributed by atoms with Gasteiger partial charge < -0.3 is 0 Å². The second-order valence-electron chi connectivity index (χ2n) is 4.18. The Kier molecular flexibility index (Phi) is 5.65. The van der Waals surface area contributed by atoms with Crippen LogP contribution < -0.4 is 9.44 Å². The number of hydrogen-bond donors (Lipinski definition) is 2. The number of halogens is 5. The average Bonchev–Trinajstić information content (AvgIpc) is 2.34. The molecule has 0 saturated heterocycles. The van der Waals surface area contributed by atoms with Crippen LogP contribution in [0.3, 0.4) is 0 Å². The number of nitrogens with one attached hydrogen (secondary N) is 2. The first kappa shape index (κ1) is 17.8. The minimum absolute atomic E-state index is 0.0650. The van der Waals surface area contributed by atoms with Crippen LogP contribution in [-0.4, -0.2) is 21.1 Å². The monoisotopic (exact) mass is 332 g/mol. The van der Waals surface area contributed by atoms with Crippen LogP contribution in [0.5, 0.6) is 0 Å². The number of rotatable bonds is 6. The van der Waals surface area contributed by atoms with Crippen LogP contribution in [0.25, 0.3) is 0 Å². The molecule has 21 heavy (non-hydrogen) atoms. The van der Waals surface area contributed by atoms with Crippen molar-refractivity contribution in [3.8, 4) is 0 Å². The number of hydrogen-bond acceptors (Lipinski definition) is 2. The molecule has 1 aromatic rings. The van der Waals surface area contributed by atoms with E-state index >= 15 is 0 Å². The molecule has 0 fully saturated rings. The summed E-state index contributed by atoms with van der Waals surface area (Å²) < 4.78 is 88.4. The largest absolute Gasteiger partial charge is 0.402 e. The number of alkyl halides is 3. The van der Waals surface area contributed by atoms with Gasteiger partial charge in [0.25, 0.3) is 10.2 Å². The van der Waals surface area contributed by atoms with E-state index in [4.69, 9.17) is 0 Å². The van der Waals surface area contributed by atoms with Gasteiger partial charge in [0.05, 0.1) is 6.04 Å².